The zero-order valence-corrected chi connectivity index (χ0v) is 19.9. The highest BCUT2D eigenvalue weighted by Crippen LogP contribution is 2.28. The molecule has 178 valence electrons. The van der Waals surface area contributed by atoms with Gasteiger partial charge in [0.25, 0.3) is 11.8 Å². The van der Waals surface area contributed by atoms with Crippen molar-refractivity contribution in [3.63, 3.8) is 0 Å². The Morgan fingerprint density at radius 3 is 2.51 bits per heavy atom. The number of carbonyl (C=O) groups excluding carboxylic acids is 3. The van der Waals surface area contributed by atoms with E-state index in [0.717, 1.165) is 22.6 Å². The quantitative estimate of drug-likeness (QED) is 0.279. The number of amides is 3. The maximum Gasteiger partial charge on any atom is 0.260 e. The molecule has 4 aromatic rings. The molecule has 0 aliphatic rings. The average molecular weight is 490 g/mol. The van der Waals surface area contributed by atoms with E-state index in [0.29, 0.717) is 46.4 Å². The van der Waals surface area contributed by atoms with E-state index in [-0.39, 0.29) is 17.7 Å². The zero-order chi connectivity index (χ0) is 24.8. The third-order valence-electron chi connectivity index (χ3n) is 4.95. The van der Waals surface area contributed by atoms with Crippen molar-refractivity contribution in [1.29, 1.82) is 0 Å². The minimum atomic E-state index is -0.365. The van der Waals surface area contributed by atoms with Gasteiger partial charge in [0.2, 0.25) is 5.91 Å². The molecule has 0 fully saturated rings. The number of nitrogens with zero attached hydrogens (tertiary/aromatic N) is 3. The lowest BCUT2D eigenvalue weighted by atomic mass is 10.1. The molecule has 0 saturated carbocycles. The summed E-state index contributed by atoms with van der Waals surface area (Å²) in [6, 6.07) is 14.1. The predicted molar refractivity (Wildman–Crippen MR) is 135 cm³/mol. The van der Waals surface area contributed by atoms with Crippen molar-refractivity contribution in [3.8, 4) is 0 Å². The van der Waals surface area contributed by atoms with Crippen molar-refractivity contribution in [2.24, 2.45) is 0 Å². The van der Waals surface area contributed by atoms with Gasteiger partial charge >= 0.3 is 0 Å². The summed E-state index contributed by atoms with van der Waals surface area (Å²) in [6.07, 6.45) is 1.60. The molecule has 2 heterocycles. The molecule has 4 rings (SSSR count). The van der Waals surface area contributed by atoms with E-state index in [1.165, 1.54) is 6.92 Å². The van der Waals surface area contributed by atoms with E-state index in [9.17, 15) is 14.4 Å². The van der Waals surface area contributed by atoms with E-state index in [1.807, 2.05) is 24.3 Å². The maximum absolute atomic E-state index is 13.1. The van der Waals surface area contributed by atoms with Crippen LogP contribution >= 0.6 is 11.5 Å². The van der Waals surface area contributed by atoms with Gasteiger partial charge < -0.3 is 21.3 Å². The topological polar surface area (TPSA) is 138 Å². The molecule has 0 bridgehead atoms. The first-order chi connectivity index (χ1) is 16.9. The maximum atomic E-state index is 13.1. The lowest BCUT2D eigenvalue weighted by Crippen LogP contribution is -2.33. The minimum Gasteiger partial charge on any atom is -0.355 e. The second kappa shape index (κ2) is 10.7. The lowest BCUT2D eigenvalue weighted by molar-refractivity contribution is -0.118. The Labute approximate surface area is 205 Å². The summed E-state index contributed by atoms with van der Waals surface area (Å²) >= 11 is 1.15. The molecule has 0 spiro atoms. The van der Waals surface area contributed by atoms with E-state index >= 15 is 0 Å². The molecule has 0 aliphatic heterocycles. The molecule has 2 aromatic carbocycles. The minimum absolute atomic E-state index is 0.163. The Morgan fingerprint density at radius 2 is 1.71 bits per heavy atom. The van der Waals surface area contributed by atoms with Crippen LogP contribution in [0.25, 0.3) is 11.0 Å². The van der Waals surface area contributed by atoms with E-state index < -0.39 is 0 Å². The summed E-state index contributed by atoms with van der Waals surface area (Å²) in [5.74, 6) is -0.337. The molecular formula is C24H23N7O3S. The average Bonchev–Trinajstić information content (AvgIpc) is 3.21. The number of rotatable bonds is 8. The van der Waals surface area contributed by atoms with Gasteiger partial charge in [-0.15, -0.1) is 0 Å². The van der Waals surface area contributed by atoms with Crippen LogP contribution in [0.5, 0.6) is 0 Å². The molecule has 35 heavy (non-hydrogen) atoms. The Bertz CT molecular complexity index is 1400. The van der Waals surface area contributed by atoms with Crippen LogP contribution in [-0.4, -0.2) is 45.2 Å². The van der Waals surface area contributed by atoms with E-state index in [2.05, 4.69) is 35.6 Å². The van der Waals surface area contributed by atoms with Gasteiger partial charge in [-0.3, -0.25) is 19.4 Å². The van der Waals surface area contributed by atoms with Crippen molar-refractivity contribution < 1.29 is 14.4 Å². The van der Waals surface area contributed by atoms with E-state index in [4.69, 9.17) is 0 Å². The summed E-state index contributed by atoms with van der Waals surface area (Å²) in [7, 11) is 0. The molecule has 3 amide bonds. The normalized spacial score (nSPS) is 10.6. The smallest absolute Gasteiger partial charge is 0.260 e. The molecule has 2 aromatic heterocycles. The number of aromatic nitrogens is 3. The van der Waals surface area contributed by atoms with Gasteiger partial charge in [-0.05, 0) is 48.8 Å². The molecule has 11 heteroatoms. The lowest BCUT2D eigenvalue weighted by Gasteiger charge is -2.10. The van der Waals surface area contributed by atoms with Gasteiger partial charge in [-0.25, -0.2) is 4.98 Å². The van der Waals surface area contributed by atoms with Crippen molar-refractivity contribution in [2.45, 2.75) is 13.8 Å². The van der Waals surface area contributed by atoms with Gasteiger partial charge in [-0.1, -0.05) is 18.2 Å². The molecule has 4 N–H and O–H groups in total. The van der Waals surface area contributed by atoms with Crippen LogP contribution in [-0.2, 0) is 4.79 Å². The van der Waals surface area contributed by atoms with Crippen LogP contribution in [0.4, 0.5) is 16.5 Å². The number of anilines is 3. The Morgan fingerprint density at radius 1 is 0.943 bits per heavy atom. The number of nitrogens with one attached hydrogen (secondary N) is 4. The van der Waals surface area contributed by atoms with Crippen LogP contribution in [0.1, 0.15) is 33.3 Å². The molecule has 10 nitrogen and oxygen atoms in total. The summed E-state index contributed by atoms with van der Waals surface area (Å²) < 4.78 is 4.31. The van der Waals surface area contributed by atoms with Crippen LogP contribution in [0, 0.1) is 6.92 Å². The van der Waals surface area contributed by atoms with Crippen molar-refractivity contribution >= 4 is 56.8 Å². The Kier molecular flexibility index (Phi) is 7.27. The SMILES string of the molecule is CC(=O)NCCNC(=O)c1cccc(NC(=O)c2c(C)nsc2Nc2cnc3ccccc3n2)c1. The van der Waals surface area contributed by atoms with E-state index in [1.54, 1.807) is 37.4 Å². The van der Waals surface area contributed by atoms with Crippen molar-refractivity contribution in [3.05, 3.63) is 71.5 Å². The summed E-state index contributed by atoms with van der Waals surface area (Å²) in [5.41, 5.74) is 3.31. The predicted octanol–water partition coefficient (Wildman–Crippen LogP) is 3.26. The number of benzene rings is 2. The van der Waals surface area contributed by atoms with Gasteiger partial charge in [-0.2, -0.15) is 4.37 Å². The third kappa shape index (κ3) is 5.95. The van der Waals surface area contributed by atoms with Gasteiger partial charge in [0.15, 0.2) is 0 Å². The van der Waals surface area contributed by atoms with Crippen LogP contribution in [0.2, 0.25) is 0 Å². The molecule has 0 saturated heterocycles. The van der Waals surface area contributed by atoms with Crippen LogP contribution in [0.3, 0.4) is 0 Å². The zero-order valence-electron chi connectivity index (χ0n) is 19.1. The van der Waals surface area contributed by atoms with Crippen molar-refractivity contribution in [2.75, 3.05) is 23.7 Å². The number of hydrogen-bond acceptors (Lipinski definition) is 8. The highest BCUT2D eigenvalue weighted by atomic mass is 32.1. The highest BCUT2D eigenvalue weighted by molar-refractivity contribution is 7.10. The summed E-state index contributed by atoms with van der Waals surface area (Å²) in [4.78, 5) is 45.4. The summed E-state index contributed by atoms with van der Waals surface area (Å²) in [5, 5.41) is 11.9. The fraction of sp³-hybridized carbons (Fsp3) is 0.167. The van der Waals surface area contributed by atoms with Crippen LogP contribution in [0.15, 0.2) is 54.7 Å². The largest absolute Gasteiger partial charge is 0.355 e. The molecule has 0 radical (unpaired) electrons. The highest BCUT2D eigenvalue weighted by Gasteiger charge is 2.20. The van der Waals surface area contributed by atoms with Gasteiger partial charge in [0.1, 0.15) is 10.8 Å². The summed E-state index contributed by atoms with van der Waals surface area (Å²) in [6.45, 7) is 3.79. The first-order valence-corrected chi connectivity index (χ1v) is 11.6. The van der Waals surface area contributed by atoms with Gasteiger partial charge in [0, 0.05) is 31.3 Å². The third-order valence-corrected chi connectivity index (χ3v) is 5.80. The van der Waals surface area contributed by atoms with Gasteiger partial charge in [0.05, 0.1) is 28.5 Å². The second-order valence-corrected chi connectivity index (χ2v) is 8.39. The molecule has 0 aliphatic carbocycles. The fourth-order valence-corrected chi connectivity index (χ4v) is 4.11. The Balaban J connectivity index is 1.46. The molecule has 0 unspecified atom stereocenters. The standard InChI is InChI=1S/C24H23N7O3S/c1-14-21(24(35-31-14)30-20-13-27-18-8-3-4-9-19(18)29-20)23(34)28-17-7-5-6-16(12-17)22(33)26-11-10-25-15(2)32/h3-9,12-13H,10-11H2,1-2H3,(H,25,32)(H,26,33)(H,28,34)(H,29,30). The monoisotopic (exact) mass is 489 g/mol. The second-order valence-electron chi connectivity index (χ2n) is 7.61. The first-order valence-electron chi connectivity index (χ1n) is 10.8. The van der Waals surface area contributed by atoms with Crippen molar-refractivity contribution in [1.82, 2.24) is 25.0 Å². The number of para-hydroxylation sites is 2. The number of aryl methyl sites for hydroxylation is 1. The first kappa shape index (κ1) is 23.8. The molecule has 0 atom stereocenters. The number of fused-ring (bicyclic) bond motifs is 1. The fourth-order valence-electron chi connectivity index (χ4n) is 3.30. The number of carbonyl (C=O) groups is 3. The van der Waals surface area contributed by atoms with Crippen LogP contribution < -0.4 is 21.3 Å². The number of hydrogen-bond donors (Lipinski definition) is 4. The molecular weight excluding hydrogens is 466 g/mol. The Hall–Kier alpha value is -4.38.